The molecule has 0 aromatic carbocycles. The van der Waals surface area contributed by atoms with Gasteiger partial charge in [-0.1, -0.05) is 6.07 Å². The van der Waals surface area contributed by atoms with Gasteiger partial charge in [-0.25, -0.2) is 0 Å². The van der Waals surface area contributed by atoms with Gasteiger partial charge in [-0.2, -0.15) is 0 Å². The second-order valence-electron chi connectivity index (χ2n) is 3.31. The molecular formula is C10H15N3O. The fraction of sp³-hybridized carbons (Fsp3) is 0.400. The number of aryl methyl sites for hydroxylation is 1. The second-order valence-corrected chi connectivity index (χ2v) is 3.31. The Hall–Kier alpha value is -1.42. The van der Waals surface area contributed by atoms with Crippen molar-refractivity contribution in [3.63, 3.8) is 0 Å². The molecule has 0 fully saturated rings. The summed E-state index contributed by atoms with van der Waals surface area (Å²) in [5.41, 5.74) is 7.34. The second kappa shape index (κ2) is 4.72. The third-order valence-corrected chi connectivity index (χ3v) is 1.85. The molecule has 0 saturated carbocycles. The lowest BCUT2D eigenvalue weighted by atomic mass is 10.2. The number of rotatable bonds is 3. The summed E-state index contributed by atoms with van der Waals surface area (Å²) >= 11 is 0. The van der Waals surface area contributed by atoms with Crippen molar-refractivity contribution in [2.75, 3.05) is 0 Å². The summed E-state index contributed by atoms with van der Waals surface area (Å²) in [6.07, 6.45) is 1.75. The first-order valence-corrected chi connectivity index (χ1v) is 4.54. The number of carbonyl (C=O) groups is 1. The predicted molar refractivity (Wildman–Crippen MR) is 54.5 cm³/mol. The fourth-order valence-corrected chi connectivity index (χ4v) is 0.953. The molecule has 1 heterocycles. The van der Waals surface area contributed by atoms with Crippen molar-refractivity contribution in [2.45, 2.75) is 26.4 Å². The number of nitrogens with two attached hydrogens (primary N) is 1. The number of nitrogens with zero attached hydrogens (tertiary/aromatic N) is 1. The van der Waals surface area contributed by atoms with E-state index in [-0.39, 0.29) is 5.91 Å². The van der Waals surface area contributed by atoms with E-state index in [0.29, 0.717) is 6.54 Å². The minimum absolute atomic E-state index is 0.148. The lowest BCUT2D eigenvalue weighted by molar-refractivity contribution is -0.122. The molecule has 3 N–H and O–H groups in total. The van der Waals surface area contributed by atoms with Gasteiger partial charge in [-0.05, 0) is 25.5 Å². The first-order valence-electron chi connectivity index (χ1n) is 4.54. The maximum absolute atomic E-state index is 11.1. The highest BCUT2D eigenvalue weighted by molar-refractivity contribution is 5.80. The molecule has 0 aliphatic rings. The summed E-state index contributed by atoms with van der Waals surface area (Å²) in [4.78, 5) is 15.2. The van der Waals surface area contributed by atoms with Crippen molar-refractivity contribution >= 4 is 5.91 Å². The first kappa shape index (κ1) is 10.7. The molecule has 4 heteroatoms. The highest BCUT2D eigenvalue weighted by Crippen LogP contribution is 1.98. The molecule has 4 nitrogen and oxygen atoms in total. The number of amides is 1. The Kier molecular flexibility index (Phi) is 3.59. The van der Waals surface area contributed by atoms with E-state index in [1.165, 1.54) is 0 Å². The lowest BCUT2D eigenvalue weighted by Crippen LogP contribution is -2.37. The van der Waals surface area contributed by atoms with Gasteiger partial charge in [-0.3, -0.25) is 9.78 Å². The van der Waals surface area contributed by atoms with Gasteiger partial charge in [0.15, 0.2) is 0 Å². The van der Waals surface area contributed by atoms with Crippen LogP contribution in [0.1, 0.15) is 18.2 Å². The lowest BCUT2D eigenvalue weighted by Gasteiger charge is -2.07. The van der Waals surface area contributed by atoms with Gasteiger partial charge in [-0.15, -0.1) is 0 Å². The molecule has 1 aromatic heterocycles. The summed E-state index contributed by atoms with van der Waals surface area (Å²) in [5, 5.41) is 2.71. The molecule has 0 bridgehead atoms. The average Bonchev–Trinajstić information content (AvgIpc) is 2.16. The van der Waals surface area contributed by atoms with Crippen LogP contribution in [0.5, 0.6) is 0 Å². The van der Waals surface area contributed by atoms with Gasteiger partial charge >= 0.3 is 0 Å². The van der Waals surface area contributed by atoms with Gasteiger partial charge < -0.3 is 11.1 Å². The monoisotopic (exact) mass is 193 g/mol. The van der Waals surface area contributed by atoms with Crippen LogP contribution in [0.4, 0.5) is 0 Å². The van der Waals surface area contributed by atoms with Crippen LogP contribution in [-0.4, -0.2) is 16.9 Å². The summed E-state index contributed by atoms with van der Waals surface area (Å²) in [7, 11) is 0. The zero-order valence-corrected chi connectivity index (χ0v) is 8.45. The van der Waals surface area contributed by atoms with Crippen molar-refractivity contribution in [3.05, 3.63) is 29.6 Å². The van der Waals surface area contributed by atoms with Crippen LogP contribution in [0.25, 0.3) is 0 Å². The Balaban J connectivity index is 2.46. The molecule has 1 amide bonds. The standard InChI is InChI=1S/C10H15N3O/c1-7-3-4-9(5-12-7)6-13-10(14)8(2)11/h3-5,8H,6,11H2,1-2H3,(H,13,14)/t8-/m0/s1. The van der Waals surface area contributed by atoms with Crippen LogP contribution in [0, 0.1) is 6.92 Å². The van der Waals surface area contributed by atoms with E-state index in [4.69, 9.17) is 5.73 Å². The molecular weight excluding hydrogens is 178 g/mol. The number of hydrogen-bond donors (Lipinski definition) is 2. The predicted octanol–water partition coefficient (Wildman–Crippen LogP) is 0.353. The van der Waals surface area contributed by atoms with Gasteiger partial charge in [0, 0.05) is 18.4 Å². The van der Waals surface area contributed by atoms with Gasteiger partial charge in [0.2, 0.25) is 5.91 Å². The zero-order valence-electron chi connectivity index (χ0n) is 8.45. The minimum Gasteiger partial charge on any atom is -0.351 e. The molecule has 1 aromatic rings. The van der Waals surface area contributed by atoms with E-state index in [1.54, 1.807) is 13.1 Å². The minimum atomic E-state index is -0.464. The number of hydrogen-bond acceptors (Lipinski definition) is 3. The Morgan fingerprint density at radius 3 is 2.86 bits per heavy atom. The molecule has 76 valence electrons. The molecule has 0 spiro atoms. The Bertz CT molecular complexity index is 306. The summed E-state index contributed by atoms with van der Waals surface area (Å²) < 4.78 is 0. The average molecular weight is 193 g/mol. The molecule has 0 aliphatic heterocycles. The number of carbonyl (C=O) groups excluding carboxylic acids is 1. The van der Waals surface area contributed by atoms with E-state index in [9.17, 15) is 4.79 Å². The van der Waals surface area contributed by atoms with Crippen molar-refractivity contribution < 1.29 is 4.79 Å². The van der Waals surface area contributed by atoms with E-state index >= 15 is 0 Å². The maximum atomic E-state index is 11.1. The topological polar surface area (TPSA) is 68.0 Å². The highest BCUT2D eigenvalue weighted by atomic mass is 16.2. The SMILES string of the molecule is Cc1ccc(CNC(=O)[C@H](C)N)cn1. The van der Waals surface area contributed by atoms with Crippen molar-refractivity contribution in [1.82, 2.24) is 10.3 Å². The maximum Gasteiger partial charge on any atom is 0.236 e. The summed E-state index contributed by atoms with van der Waals surface area (Å²) in [6, 6.07) is 3.38. The summed E-state index contributed by atoms with van der Waals surface area (Å²) in [5.74, 6) is -0.148. The highest BCUT2D eigenvalue weighted by Gasteiger charge is 2.05. The molecule has 0 saturated heterocycles. The Labute approximate surface area is 83.5 Å². The third kappa shape index (κ3) is 3.14. The normalized spacial score (nSPS) is 12.2. The molecule has 0 radical (unpaired) electrons. The van der Waals surface area contributed by atoms with Crippen LogP contribution in [-0.2, 0) is 11.3 Å². The smallest absolute Gasteiger partial charge is 0.236 e. The summed E-state index contributed by atoms with van der Waals surface area (Å²) in [6.45, 7) is 4.06. The first-order chi connectivity index (χ1) is 6.59. The molecule has 0 aliphatic carbocycles. The Morgan fingerprint density at radius 1 is 1.64 bits per heavy atom. The zero-order chi connectivity index (χ0) is 10.6. The molecule has 1 rings (SSSR count). The molecule has 1 atom stereocenters. The van der Waals surface area contributed by atoms with E-state index in [0.717, 1.165) is 11.3 Å². The third-order valence-electron chi connectivity index (χ3n) is 1.85. The van der Waals surface area contributed by atoms with Crippen molar-refractivity contribution in [1.29, 1.82) is 0 Å². The molecule has 0 unspecified atom stereocenters. The van der Waals surface area contributed by atoms with Crippen LogP contribution < -0.4 is 11.1 Å². The number of nitrogens with one attached hydrogen (secondary N) is 1. The quantitative estimate of drug-likeness (QED) is 0.728. The van der Waals surface area contributed by atoms with E-state index in [2.05, 4.69) is 10.3 Å². The van der Waals surface area contributed by atoms with Crippen LogP contribution in [0.2, 0.25) is 0 Å². The van der Waals surface area contributed by atoms with Gasteiger partial charge in [0.05, 0.1) is 6.04 Å². The molecule has 14 heavy (non-hydrogen) atoms. The Morgan fingerprint density at radius 2 is 2.36 bits per heavy atom. The fourth-order valence-electron chi connectivity index (χ4n) is 0.953. The van der Waals surface area contributed by atoms with Gasteiger partial charge in [0.25, 0.3) is 0 Å². The van der Waals surface area contributed by atoms with E-state index in [1.807, 2.05) is 19.1 Å². The largest absolute Gasteiger partial charge is 0.351 e. The van der Waals surface area contributed by atoms with Crippen molar-refractivity contribution in [2.24, 2.45) is 5.73 Å². The van der Waals surface area contributed by atoms with Crippen molar-refractivity contribution in [3.8, 4) is 0 Å². The number of aromatic nitrogens is 1. The van der Waals surface area contributed by atoms with Crippen LogP contribution >= 0.6 is 0 Å². The van der Waals surface area contributed by atoms with Crippen LogP contribution in [0.15, 0.2) is 18.3 Å². The van der Waals surface area contributed by atoms with Gasteiger partial charge in [0.1, 0.15) is 0 Å². The van der Waals surface area contributed by atoms with Crippen LogP contribution in [0.3, 0.4) is 0 Å². The van der Waals surface area contributed by atoms with E-state index < -0.39 is 6.04 Å². The number of pyridine rings is 1.